The molecule has 0 aliphatic rings. The van der Waals surface area contributed by atoms with E-state index in [1.807, 2.05) is 45.0 Å². The third kappa shape index (κ3) is 8.95. The Morgan fingerprint density at radius 1 is 1.25 bits per heavy atom. The van der Waals surface area contributed by atoms with Gasteiger partial charge in [0.2, 0.25) is 5.91 Å². The summed E-state index contributed by atoms with van der Waals surface area (Å²) in [6, 6.07) is 7.92. The van der Waals surface area contributed by atoms with Crippen LogP contribution in [0.4, 0.5) is 0 Å². The molecule has 1 unspecified atom stereocenters. The minimum atomic E-state index is -0.0426. The van der Waals surface area contributed by atoms with Crippen LogP contribution in [-0.2, 0) is 4.79 Å². The van der Waals surface area contributed by atoms with Crippen LogP contribution >= 0.6 is 24.0 Å². The third-order valence-electron chi connectivity index (χ3n) is 3.19. The third-order valence-corrected chi connectivity index (χ3v) is 3.19. The molecular weight excluding hydrogens is 419 g/mol. The summed E-state index contributed by atoms with van der Waals surface area (Å²) in [5.74, 6) is 1.42. The molecular formula is C17H29IN4O2. The van der Waals surface area contributed by atoms with Gasteiger partial charge in [-0.2, -0.15) is 0 Å². The summed E-state index contributed by atoms with van der Waals surface area (Å²) in [6.07, 6.45) is 0.899. The SMILES string of the molecule is CCCNC(=O)CNC(=NC)NCC(C)Oc1ccccc1C.I. The quantitative estimate of drug-likeness (QED) is 0.324. The zero-order valence-corrected chi connectivity index (χ0v) is 17.2. The number of aliphatic imine (C=N–C) groups is 1. The number of rotatable bonds is 8. The van der Waals surface area contributed by atoms with Crippen LogP contribution in [0.3, 0.4) is 0 Å². The lowest BCUT2D eigenvalue weighted by atomic mass is 10.2. The first-order chi connectivity index (χ1) is 11.1. The molecule has 0 radical (unpaired) electrons. The average molecular weight is 448 g/mol. The zero-order chi connectivity index (χ0) is 17.1. The molecule has 1 amide bonds. The maximum Gasteiger partial charge on any atom is 0.239 e. The molecule has 1 aromatic rings. The van der Waals surface area contributed by atoms with Gasteiger partial charge in [-0.25, -0.2) is 0 Å². The summed E-state index contributed by atoms with van der Waals surface area (Å²) in [4.78, 5) is 15.7. The van der Waals surface area contributed by atoms with Crippen LogP contribution in [0.5, 0.6) is 5.75 Å². The van der Waals surface area contributed by atoms with E-state index in [9.17, 15) is 4.79 Å². The molecule has 0 saturated carbocycles. The number of nitrogens with one attached hydrogen (secondary N) is 3. The van der Waals surface area contributed by atoms with Gasteiger partial charge in [-0.05, 0) is 31.9 Å². The predicted octanol–water partition coefficient (Wildman–Crippen LogP) is 2.07. The smallest absolute Gasteiger partial charge is 0.239 e. The molecule has 7 heteroatoms. The van der Waals surface area contributed by atoms with Crippen molar-refractivity contribution in [3.8, 4) is 5.75 Å². The number of guanidine groups is 1. The van der Waals surface area contributed by atoms with E-state index in [2.05, 4.69) is 20.9 Å². The van der Waals surface area contributed by atoms with E-state index in [4.69, 9.17) is 4.74 Å². The van der Waals surface area contributed by atoms with Gasteiger partial charge >= 0.3 is 0 Å². The van der Waals surface area contributed by atoms with Crippen molar-refractivity contribution in [1.29, 1.82) is 0 Å². The standard InChI is InChI=1S/C17H28N4O2.HI/c1-5-10-19-16(22)12-21-17(18-4)20-11-14(3)23-15-9-7-6-8-13(15)2;/h6-9,14H,5,10-12H2,1-4H3,(H,19,22)(H2,18,20,21);1H. The Labute approximate surface area is 161 Å². The fourth-order valence-corrected chi connectivity index (χ4v) is 1.90. The first-order valence-electron chi connectivity index (χ1n) is 8.00. The van der Waals surface area contributed by atoms with Crippen LogP contribution in [0.2, 0.25) is 0 Å². The topological polar surface area (TPSA) is 74.8 Å². The number of carbonyl (C=O) groups excluding carboxylic acids is 1. The van der Waals surface area contributed by atoms with E-state index in [-0.39, 0.29) is 42.5 Å². The number of hydrogen-bond acceptors (Lipinski definition) is 3. The van der Waals surface area contributed by atoms with Crippen LogP contribution < -0.4 is 20.7 Å². The first kappa shape index (κ1) is 22.5. The Morgan fingerprint density at radius 3 is 2.58 bits per heavy atom. The molecule has 1 aromatic carbocycles. The van der Waals surface area contributed by atoms with Crippen molar-refractivity contribution in [2.45, 2.75) is 33.3 Å². The zero-order valence-electron chi connectivity index (χ0n) is 14.9. The minimum Gasteiger partial charge on any atom is -0.489 e. The highest BCUT2D eigenvalue weighted by Crippen LogP contribution is 2.17. The Morgan fingerprint density at radius 2 is 1.96 bits per heavy atom. The van der Waals surface area contributed by atoms with E-state index >= 15 is 0 Å². The molecule has 0 aliphatic heterocycles. The van der Waals surface area contributed by atoms with Gasteiger partial charge in [0, 0.05) is 13.6 Å². The van der Waals surface area contributed by atoms with Crippen LogP contribution in [0.25, 0.3) is 0 Å². The van der Waals surface area contributed by atoms with Crippen LogP contribution in [0.15, 0.2) is 29.3 Å². The fraction of sp³-hybridized carbons (Fsp3) is 0.529. The number of nitrogens with zero attached hydrogens (tertiary/aromatic N) is 1. The maximum absolute atomic E-state index is 11.6. The molecule has 0 heterocycles. The Hall–Kier alpha value is -1.51. The number of benzene rings is 1. The lowest BCUT2D eigenvalue weighted by Gasteiger charge is -2.18. The summed E-state index contributed by atoms with van der Waals surface area (Å²) >= 11 is 0. The number of amides is 1. The molecule has 0 aromatic heterocycles. The van der Waals surface area contributed by atoms with Gasteiger partial charge < -0.3 is 20.7 Å². The number of ether oxygens (including phenoxy) is 1. The second-order valence-corrected chi connectivity index (χ2v) is 5.35. The second kappa shape index (κ2) is 12.9. The van der Waals surface area contributed by atoms with Crippen molar-refractivity contribution < 1.29 is 9.53 Å². The average Bonchev–Trinajstić information content (AvgIpc) is 2.55. The largest absolute Gasteiger partial charge is 0.489 e. The highest BCUT2D eigenvalue weighted by atomic mass is 127. The second-order valence-electron chi connectivity index (χ2n) is 5.35. The number of aryl methyl sites for hydroxylation is 1. The summed E-state index contributed by atoms with van der Waals surface area (Å²) < 4.78 is 5.89. The maximum atomic E-state index is 11.6. The van der Waals surface area contributed by atoms with Crippen molar-refractivity contribution in [3.05, 3.63) is 29.8 Å². The lowest BCUT2D eigenvalue weighted by molar-refractivity contribution is -0.120. The molecule has 0 spiro atoms. The number of carbonyl (C=O) groups is 1. The normalized spacial score (nSPS) is 11.9. The van der Waals surface area contributed by atoms with E-state index in [0.717, 1.165) is 17.7 Å². The van der Waals surface area contributed by atoms with Crippen LogP contribution in [0.1, 0.15) is 25.8 Å². The molecule has 24 heavy (non-hydrogen) atoms. The highest BCUT2D eigenvalue weighted by Gasteiger charge is 2.08. The van der Waals surface area contributed by atoms with Gasteiger partial charge in [0.15, 0.2) is 5.96 Å². The molecule has 0 saturated heterocycles. The van der Waals surface area contributed by atoms with Gasteiger partial charge in [0.1, 0.15) is 11.9 Å². The molecule has 136 valence electrons. The Balaban J connectivity index is 0.00000529. The molecule has 6 nitrogen and oxygen atoms in total. The Kier molecular flexibility index (Phi) is 12.0. The van der Waals surface area contributed by atoms with Crippen LogP contribution in [0, 0.1) is 6.92 Å². The van der Waals surface area contributed by atoms with Gasteiger partial charge in [-0.3, -0.25) is 9.79 Å². The first-order valence-corrected chi connectivity index (χ1v) is 8.00. The van der Waals surface area contributed by atoms with Crippen molar-refractivity contribution in [1.82, 2.24) is 16.0 Å². The van der Waals surface area contributed by atoms with Crippen LogP contribution in [-0.4, -0.2) is 44.7 Å². The Bertz CT molecular complexity index is 523. The minimum absolute atomic E-state index is 0. The molecule has 1 rings (SSSR count). The van der Waals surface area contributed by atoms with Gasteiger partial charge in [-0.15, -0.1) is 24.0 Å². The summed E-state index contributed by atoms with van der Waals surface area (Å²) in [7, 11) is 1.67. The van der Waals surface area contributed by atoms with E-state index in [1.165, 1.54) is 0 Å². The molecule has 1 atom stereocenters. The van der Waals surface area contributed by atoms with E-state index in [1.54, 1.807) is 7.05 Å². The molecule has 0 fully saturated rings. The predicted molar refractivity (Wildman–Crippen MR) is 109 cm³/mol. The number of para-hydroxylation sites is 1. The van der Waals surface area contributed by atoms with E-state index in [0.29, 0.717) is 19.0 Å². The summed E-state index contributed by atoms with van der Waals surface area (Å²) in [5.41, 5.74) is 1.11. The highest BCUT2D eigenvalue weighted by molar-refractivity contribution is 14.0. The molecule has 0 aliphatic carbocycles. The van der Waals surface area contributed by atoms with Crippen molar-refractivity contribution in [3.63, 3.8) is 0 Å². The number of halogens is 1. The molecule has 0 bridgehead atoms. The van der Waals surface area contributed by atoms with Gasteiger partial charge in [0.05, 0.1) is 13.1 Å². The molecule has 3 N–H and O–H groups in total. The van der Waals surface area contributed by atoms with Gasteiger partial charge in [0.25, 0.3) is 0 Å². The fourth-order valence-electron chi connectivity index (χ4n) is 1.90. The van der Waals surface area contributed by atoms with Crippen molar-refractivity contribution >= 4 is 35.8 Å². The summed E-state index contributed by atoms with van der Waals surface area (Å²) in [5, 5.41) is 8.94. The van der Waals surface area contributed by atoms with E-state index < -0.39 is 0 Å². The monoisotopic (exact) mass is 448 g/mol. The lowest BCUT2D eigenvalue weighted by Crippen LogP contribution is -2.45. The van der Waals surface area contributed by atoms with Crippen molar-refractivity contribution in [2.24, 2.45) is 4.99 Å². The van der Waals surface area contributed by atoms with Gasteiger partial charge in [-0.1, -0.05) is 25.1 Å². The number of hydrogen-bond donors (Lipinski definition) is 3. The summed E-state index contributed by atoms with van der Waals surface area (Å²) in [6.45, 7) is 7.50. The van der Waals surface area contributed by atoms with Crippen molar-refractivity contribution in [2.75, 3.05) is 26.7 Å².